The molecule has 0 N–H and O–H groups in total. The number of hydrogen-bond donors (Lipinski definition) is 0. The van der Waals surface area contributed by atoms with E-state index < -0.39 is 8.07 Å². The second-order valence-corrected chi connectivity index (χ2v) is 14.6. The summed E-state index contributed by atoms with van der Waals surface area (Å²) in [5.74, 6) is 0. The van der Waals surface area contributed by atoms with Crippen molar-refractivity contribution in [1.29, 1.82) is 0 Å². The molecule has 0 amide bonds. The minimum Gasteiger partial charge on any atom is -0.360 e. The molecule has 4 rings (SSSR count). The molecule has 0 spiro atoms. The van der Waals surface area contributed by atoms with Gasteiger partial charge in [-0.05, 0) is 41.8 Å². The summed E-state index contributed by atoms with van der Waals surface area (Å²) in [6.45, 7) is 9.64. The van der Waals surface area contributed by atoms with Crippen molar-refractivity contribution in [2.45, 2.75) is 39.0 Å². The van der Waals surface area contributed by atoms with Gasteiger partial charge in [-0.1, -0.05) is 92.4 Å². The number of aromatic nitrogens is 2. The molecule has 0 bridgehead atoms. The van der Waals surface area contributed by atoms with Gasteiger partial charge in [0.05, 0.1) is 19.3 Å². The monoisotopic (exact) mass is 426 g/mol. The Morgan fingerprint density at radius 3 is 2.23 bits per heavy atom. The Balaban J connectivity index is 1.73. The van der Waals surface area contributed by atoms with Crippen LogP contribution >= 0.6 is 0 Å². The summed E-state index contributed by atoms with van der Waals surface area (Å²) in [4.78, 5) is 0. The highest BCUT2D eigenvalue weighted by Crippen LogP contribution is 2.28. The van der Waals surface area contributed by atoms with E-state index in [0.29, 0.717) is 6.73 Å². The molecule has 158 valence electrons. The van der Waals surface area contributed by atoms with Crippen molar-refractivity contribution >= 4 is 31.1 Å². The first-order valence-corrected chi connectivity index (χ1v) is 14.4. The van der Waals surface area contributed by atoms with Crippen molar-refractivity contribution in [2.24, 2.45) is 0 Å². The number of nitrogens with zero attached hydrogens (tertiary/aromatic N) is 2. The molecule has 1 unspecified atom stereocenters. The highest BCUT2D eigenvalue weighted by atomic mass is 28.3. The van der Waals surface area contributed by atoms with Crippen LogP contribution < -0.4 is 0 Å². The molecule has 0 aliphatic rings. The van der Waals surface area contributed by atoms with Crippen LogP contribution in [-0.4, -0.2) is 23.6 Å². The topological polar surface area (TPSA) is 27.1 Å². The third-order valence-electron chi connectivity index (χ3n) is 5.79. The van der Waals surface area contributed by atoms with Crippen LogP contribution in [0, 0.1) is 0 Å². The van der Waals surface area contributed by atoms with Gasteiger partial charge in [-0.25, -0.2) is 4.68 Å². The van der Waals surface area contributed by atoms with Crippen molar-refractivity contribution in [2.75, 3.05) is 0 Å². The second kappa shape index (κ2) is 9.04. The van der Waals surface area contributed by atoms with Crippen LogP contribution in [0.5, 0.6) is 0 Å². The largest absolute Gasteiger partial charge is 0.360 e. The van der Waals surface area contributed by atoms with E-state index in [1.807, 2.05) is 28.9 Å². The number of rotatable bonds is 7. The van der Waals surface area contributed by atoms with Crippen LogP contribution in [0.15, 0.2) is 78.9 Å². The molecule has 0 saturated heterocycles. The fraction of sp³-hybridized carbons (Fsp3) is 0.222. The Hall–Kier alpha value is -2.95. The quantitative estimate of drug-likeness (QED) is 0.294. The summed E-state index contributed by atoms with van der Waals surface area (Å²) in [7, 11) is -1.38. The number of fused-ring (bicyclic) bond motifs is 1. The third kappa shape index (κ3) is 5.04. The van der Waals surface area contributed by atoms with Gasteiger partial charge in [0.1, 0.15) is 6.73 Å². The molecule has 3 aromatic carbocycles. The Morgan fingerprint density at radius 2 is 1.55 bits per heavy atom. The lowest BCUT2D eigenvalue weighted by Gasteiger charge is -2.25. The Morgan fingerprint density at radius 1 is 0.871 bits per heavy atom. The van der Waals surface area contributed by atoms with Gasteiger partial charge < -0.3 is 4.74 Å². The standard InChI is InChI=1S/C27H30N2OSi/c1-21(31(2,3)4)30-20-29-27-19-24(23-13-9-6-10-14-23)16-17-25(27)26(28-29)18-15-22-11-7-5-8-12-22/h5-19,21H,20H2,1-4H3. The number of ether oxygens (including phenoxy) is 1. The summed E-state index contributed by atoms with van der Waals surface area (Å²) in [6, 6.07) is 27.4. The van der Waals surface area contributed by atoms with E-state index in [-0.39, 0.29) is 5.73 Å². The SMILES string of the molecule is CC(OCn1nc(C=Cc2ccccc2)c2ccc(-c3ccccc3)cc21)[Si](C)(C)C. The van der Waals surface area contributed by atoms with Crippen LogP contribution in [0.2, 0.25) is 19.6 Å². The van der Waals surface area contributed by atoms with Crippen LogP contribution in [-0.2, 0) is 11.5 Å². The van der Waals surface area contributed by atoms with Crippen LogP contribution in [0.25, 0.3) is 34.2 Å². The molecule has 31 heavy (non-hydrogen) atoms. The Bertz CT molecular complexity index is 1170. The highest BCUT2D eigenvalue weighted by molar-refractivity contribution is 6.77. The molecule has 0 saturated carbocycles. The van der Waals surface area contributed by atoms with Gasteiger partial charge in [0, 0.05) is 11.1 Å². The summed E-state index contributed by atoms with van der Waals surface area (Å²) in [6.07, 6.45) is 4.21. The van der Waals surface area contributed by atoms with E-state index >= 15 is 0 Å². The average Bonchev–Trinajstić information content (AvgIpc) is 3.13. The Kier molecular flexibility index (Phi) is 6.21. The average molecular weight is 427 g/mol. The summed E-state index contributed by atoms with van der Waals surface area (Å²) in [5, 5.41) is 6.05. The predicted octanol–water partition coefficient (Wildman–Crippen LogP) is 7.11. The van der Waals surface area contributed by atoms with Gasteiger partial charge in [0.25, 0.3) is 0 Å². The van der Waals surface area contributed by atoms with Gasteiger partial charge >= 0.3 is 0 Å². The molecule has 0 aliphatic heterocycles. The van der Waals surface area contributed by atoms with Crippen molar-refractivity contribution in [3.63, 3.8) is 0 Å². The van der Waals surface area contributed by atoms with Gasteiger partial charge in [0.15, 0.2) is 0 Å². The zero-order valence-electron chi connectivity index (χ0n) is 18.7. The maximum absolute atomic E-state index is 6.26. The lowest BCUT2D eigenvalue weighted by Crippen LogP contribution is -2.38. The first kappa shape index (κ1) is 21.3. The molecule has 0 aliphatic carbocycles. The molecule has 3 nitrogen and oxygen atoms in total. The summed E-state index contributed by atoms with van der Waals surface area (Å²) >= 11 is 0. The van der Waals surface area contributed by atoms with Gasteiger partial charge in [-0.3, -0.25) is 0 Å². The van der Waals surface area contributed by atoms with Gasteiger partial charge in [-0.2, -0.15) is 5.10 Å². The van der Waals surface area contributed by atoms with E-state index in [2.05, 4.69) is 93.3 Å². The molecule has 1 aromatic heterocycles. The minimum atomic E-state index is -1.38. The van der Waals surface area contributed by atoms with Crippen molar-refractivity contribution in [3.05, 3.63) is 90.1 Å². The van der Waals surface area contributed by atoms with Gasteiger partial charge in [-0.15, -0.1) is 0 Å². The lowest BCUT2D eigenvalue weighted by atomic mass is 10.0. The van der Waals surface area contributed by atoms with Crippen molar-refractivity contribution < 1.29 is 4.74 Å². The van der Waals surface area contributed by atoms with Crippen molar-refractivity contribution in [1.82, 2.24) is 9.78 Å². The van der Waals surface area contributed by atoms with E-state index in [4.69, 9.17) is 9.84 Å². The van der Waals surface area contributed by atoms with Crippen molar-refractivity contribution in [3.8, 4) is 11.1 Å². The summed E-state index contributed by atoms with van der Waals surface area (Å²) in [5.41, 5.74) is 5.86. The van der Waals surface area contributed by atoms with E-state index in [0.717, 1.165) is 22.2 Å². The number of benzene rings is 3. The molecule has 4 heteroatoms. The highest BCUT2D eigenvalue weighted by Gasteiger charge is 2.23. The zero-order chi connectivity index (χ0) is 21.8. The minimum absolute atomic E-state index is 0.257. The first-order valence-electron chi connectivity index (χ1n) is 10.8. The number of hydrogen-bond acceptors (Lipinski definition) is 2. The maximum atomic E-state index is 6.26. The summed E-state index contributed by atoms with van der Waals surface area (Å²) < 4.78 is 8.26. The van der Waals surface area contributed by atoms with Gasteiger partial charge in [0.2, 0.25) is 0 Å². The molecule has 1 heterocycles. The van der Waals surface area contributed by atoms with E-state index in [1.165, 1.54) is 11.1 Å². The fourth-order valence-electron chi connectivity index (χ4n) is 3.40. The van der Waals surface area contributed by atoms with Crippen LogP contribution in [0.3, 0.4) is 0 Å². The molecular weight excluding hydrogens is 396 g/mol. The third-order valence-corrected chi connectivity index (χ3v) is 8.39. The molecule has 1 atom stereocenters. The van der Waals surface area contributed by atoms with E-state index in [9.17, 15) is 0 Å². The molecule has 0 fully saturated rings. The lowest BCUT2D eigenvalue weighted by molar-refractivity contribution is 0.0518. The second-order valence-electron chi connectivity index (χ2n) is 9.03. The fourth-order valence-corrected chi connectivity index (χ4v) is 3.98. The maximum Gasteiger partial charge on any atom is 0.139 e. The molecule has 4 aromatic rings. The normalized spacial score (nSPS) is 13.2. The first-order chi connectivity index (χ1) is 14.9. The van der Waals surface area contributed by atoms with Crippen LogP contribution in [0.4, 0.5) is 0 Å². The zero-order valence-corrected chi connectivity index (χ0v) is 19.7. The van der Waals surface area contributed by atoms with Crippen LogP contribution in [0.1, 0.15) is 18.2 Å². The smallest absolute Gasteiger partial charge is 0.139 e. The Labute approximate surface area is 186 Å². The molecular formula is C27H30N2OSi. The van der Waals surface area contributed by atoms with E-state index in [1.54, 1.807) is 0 Å². The molecule has 0 radical (unpaired) electrons. The predicted molar refractivity (Wildman–Crippen MR) is 134 cm³/mol.